The Morgan fingerprint density at radius 2 is 1.94 bits per heavy atom. The highest BCUT2D eigenvalue weighted by molar-refractivity contribution is 5.97. The summed E-state index contributed by atoms with van der Waals surface area (Å²) in [7, 11) is 0. The number of Topliss-reactive ketones (excluding diaryl/α,β-unsaturated/α-hetero) is 1. The van der Waals surface area contributed by atoms with E-state index >= 15 is 0 Å². The Morgan fingerprint density at radius 1 is 1.24 bits per heavy atom. The number of benzene rings is 1. The Kier molecular flexibility index (Phi) is 3.95. The van der Waals surface area contributed by atoms with Crippen LogP contribution in [0.2, 0.25) is 0 Å². The van der Waals surface area contributed by atoms with Crippen LogP contribution >= 0.6 is 0 Å². The van der Waals surface area contributed by atoms with Crippen LogP contribution in [0, 0.1) is 13.8 Å². The molecule has 1 aromatic rings. The van der Waals surface area contributed by atoms with Crippen LogP contribution in [0.1, 0.15) is 40.7 Å². The third kappa shape index (κ3) is 2.95. The maximum absolute atomic E-state index is 12.1. The molecule has 0 amide bonds. The number of ketones is 1. The molecule has 0 radical (unpaired) electrons. The fraction of sp³-hybridized carbons (Fsp3) is 0.533. The molecule has 0 unspecified atom stereocenters. The topological polar surface area (TPSA) is 20.3 Å². The van der Waals surface area contributed by atoms with Crippen molar-refractivity contribution >= 4 is 5.78 Å². The van der Waals surface area contributed by atoms with Gasteiger partial charge in [-0.05, 0) is 50.9 Å². The summed E-state index contributed by atoms with van der Waals surface area (Å²) >= 11 is 0. The van der Waals surface area contributed by atoms with Gasteiger partial charge in [0, 0.05) is 18.5 Å². The Bertz CT molecular complexity index is 405. The van der Waals surface area contributed by atoms with E-state index in [9.17, 15) is 4.79 Å². The molecule has 2 heteroatoms. The first kappa shape index (κ1) is 12.3. The number of carbonyl (C=O) groups is 1. The van der Waals surface area contributed by atoms with E-state index in [2.05, 4.69) is 17.9 Å². The van der Waals surface area contributed by atoms with Crippen molar-refractivity contribution in [2.24, 2.45) is 0 Å². The zero-order valence-electron chi connectivity index (χ0n) is 10.8. The largest absolute Gasteiger partial charge is 0.303 e. The van der Waals surface area contributed by atoms with Gasteiger partial charge in [0.15, 0.2) is 5.78 Å². The third-order valence-corrected chi connectivity index (χ3v) is 3.76. The fourth-order valence-corrected chi connectivity index (χ4v) is 2.45. The minimum atomic E-state index is 0.290. The molecule has 0 spiro atoms. The van der Waals surface area contributed by atoms with Crippen molar-refractivity contribution in [1.29, 1.82) is 0 Å². The lowest BCUT2D eigenvalue weighted by Crippen LogP contribution is -2.22. The molecule has 1 saturated heterocycles. The number of likely N-dealkylation sites (tertiary alicyclic amines) is 1. The summed E-state index contributed by atoms with van der Waals surface area (Å²) in [6, 6.07) is 5.99. The van der Waals surface area contributed by atoms with Crippen molar-refractivity contribution in [1.82, 2.24) is 4.90 Å². The van der Waals surface area contributed by atoms with Gasteiger partial charge in [-0.15, -0.1) is 0 Å². The lowest BCUT2D eigenvalue weighted by molar-refractivity contribution is 0.0968. The van der Waals surface area contributed by atoms with Gasteiger partial charge in [-0.25, -0.2) is 0 Å². The average Bonchev–Trinajstić information content (AvgIpc) is 2.82. The van der Waals surface area contributed by atoms with Gasteiger partial charge in [0.1, 0.15) is 0 Å². The van der Waals surface area contributed by atoms with E-state index in [4.69, 9.17) is 0 Å². The first-order chi connectivity index (χ1) is 8.18. The van der Waals surface area contributed by atoms with Gasteiger partial charge in [-0.3, -0.25) is 4.79 Å². The number of carbonyl (C=O) groups excluding carboxylic acids is 1. The lowest BCUT2D eigenvalue weighted by Gasteiger charge is -2.14. The molecule has 2 rings (SSSR count). The van der Waals surface area contributed by atoms with Gasteiger partial charge in [-0.1, -0.05) is 18.2 Å². The van der Waals surface area contributed by atoms with Gasteiger partial charge >= 0.3 is 0 Å². The van der Waals surface area contributed by atoms with Gasteiger partial charge in [0.05, 0.1) is 0 Å². The second-order valence-corrected chi connectivity index (χ2v) is 4.97. The van der Waals surface area contributed by atoms with E-state index in [0.717, 1.165) is 17.7 Å². The van der Waals surface area contributed by atoms with E-state index in [0.29, 0.717) is 6.42 Å². The van der Waals surface area contributed by atoms with Gasteiger partial charge in [0.2, 0.25) is 0 Å². The summed E-state index contributed by atoms with van der Waals surface area (Å²) in [5.41, 5.74) is 3.25. The van der Waals surface area contributed by atoms with E-state index in [1.807, 2.05) is 19.1 Å². The summed E-state index contributed by atoms with van der Waals surface area (Å²) in [5, 5.41) is 0. The highest BCUT2D eigenvalue weighted by Gasteiger charge is 2.15. The molecule has 92 valence electrons. The molecule has 1 aliphatic rings. The SMILES string of the molecule is Cc1cccc(C(=O)CCN2CCCC2)c1C. The molecule has 1 heterocycles. The molecule has 1 aliphatic heterocycles. The van der Waals surface area contributed by atoms with E-state index < -0.39 is 0 Å². The van der Waals surface area contributed by atoms with Crippen LogP contribution in [-0.2, 0) is 0 Å². The molecular formula is C15H21NO. The molecule has 2 nitrogen and oxygen atoms in total. The van der Waals surface area contributed by atoms with Gasteiger partial charge < -0.3 is 4.90 Å². The quantitative estimate of drug-likeness (QED) is 0.742. The number of aryl methyl sites for hydroxylation is 1. The fourth-order valence-electron chi connectivity index (χ4n) is 2.45. The smallest absolute Gasteiger partial charge is 0.164 e. The normalized spacial score (nSPS) is 16.4. The van der Waals surface area contributed by atoms with Gasteiger partial charge in [-0.2, -0.15) is 0 Å². The maximum atomic E-state index is 12.1. The van der Waals surface area contributed by atoms with Crippen LogP contribution in [0.15, 0.2) is 18.2 Å². The predicted octanol–water partition coefficient (Wildman–Crippen LogP) is 2.97. The summed E-state index contributed by atoms with van der Waals surface area (Å²) in [5.74, 6) is 0.290. The third-order valence-electron chi connectivity index (χ3n) is 3.76. The lowest BCUT2D eigenvalue weighted by atomic mass is 9.99. The zero-order valence-corrected chi connectivity index (χ0v) is 10.8. The first-order valence-electron chi connectivity index (χ1n) is 6.50. The van der Waals surface area contributed by atoms with E-state index in [1.165, 1.54) is 31.5 Å². The van der Waals surface area contributed by atoms with Gasteiger partial charge in [0.25, 0.3) is 0 Å². The number of rotatable bonds is 4. The van der Waals surface area contributed by atoms with Crippen molar-refractivity contribution in [3.05, 3.63) is 34.9 Å². The van der Waals surface area contributed by atoms with Crippen molar-refractivity contribution in [2.45, 2.75) is 33.1 Å². The minimum absolute atomic E-state index is 0.290. The molecule has 17 heavy (non-hydrogen) atoms. The van der Waals surface area contributed by atoms with E-state index in [-0.39, 0.29) is 5.78 Å². The van der Waals surface area contributed by atoms with Crippen molar-refractivity contribution in [2.75, 3.05) is 19.6 Å². The summed E-state index contributed by atoms with van der Waals surface area (Å²) in [4.78, 5) is 14.5. The van der Waals surface area contributed by atoms with E-state index in [1.54, 1.807) is 0 Å². The molecule has 0 bridgehead atoms. The summed E-state index contributed by atoms with van der Waals surface area (Å²) in [6.07, 6.45) is 3.24. The standard InChI is InChI=1S/C15H21NO/c1-12-6-5-7-14(13(12)2)15(17)8-11-16-9-3-4-10-16/h5-7H,3-4,8-11H2,1-2H3. The number of nitrogens with zero attached hydrogens (tertiary/aromatic N) is 1. The van der Waals surface area contributed by atoms with Crippen molar-refractivity contribution < 1.29 is 4.79 Å². The Balaban J connectivity index is 1.97. The van der Waals surface area contributed by atoms with Crippen LogP contribution < -0.4 is 0 Å². The Hall–Kier alpha value is -1.15. The molecule has 0 aliphatic carbocycles. The Morgan fingerprint density at radius 3 is 2.65 bits per heavy atom. The average molecular weight is 231 g/mol. The predicted molar refractivity (Wildman–Crippen MR) is 70.5 cm³/mol. The summed E-state index contributed by atoms with van der Waals surface area (Å²) < 4.78 is 0. The second-order valence-electron chi connectivity index (χ2n) is 4.97. The Labute approximate surface area is 104 Å². The first-order valence-corrected chi connectivity index (χ1v) is 6.50. The molecular weight excluding hydrogens is 210 g/mol. The molecule has 0 N–H and O–H groups in total. The highest BCUT2D eigenvalue weighted by atomic mass is 16.1. The maximum Gasteiger partial charge on any atom is 0.164 e. The summed E-state index contributed by atoms with van der Waals surface area (Å²) in [6.45, 7) is 7.36. The molecule has 0 aromatic heterocycles. The molecule has 1 aromatic carbocycles. The van der Waals surface area contributed by atoms with Crippen molar-refractivity contribution in [3.8, 4) is 0 Å². The van der Waals surface area contributed by atoms with Crippen LogP contribution in [0.3, 0.4) is 0 Å². The van der Waals surface area contributed by atoms with Crippen LogP contribution in [0.4, 0.5) is 0 Å². The second kappa shape index (κ2) is 5.46. The van der Waals surface area contributed by atoms with Crippen LogP contribution in [0.25, 0.3) is 0 Å². The monoisotopic (exact) mass is 231 g/mol. The molecule has 0 saturated carbocycles. The van der Waals surface area contributed by atoms with Crippen molar-refractivity contribution in [3.63, 3.8) is 0 Å². The molecule has 1 fully saturated rings. The number of hydrogen-bond donors (Lipinski definition) is 0. The zero-order chi connectivity index (χ0) is 12.3. The molecule has 0 atom stereocenters. The number of hydrogen-bond acceptors (Lipinski definition) is 2. The minimum Gasteiger partial charge on any atom is -0.303 e. The highest BCUT2D eigenvalue weighted by Crippen LogP contribution is 2.15. The van der Waals surface area contributed by atoms with Crippen LogP contribution in [-0.4, -0.2) is 30.3 Å². The van der Waals surface area contributed by atoms with Crippen LogP contribution in [0.5, 0.6) is 0 Å².